The minimum Gasteiger partial charge on any atom is -0.386 e. The smallest absolute Gasteiger partial charge is 0.146 e. The molecule has 1 atom stereocenters. The second-order valence-corrected chi connectivity index (χ2v) is 10.4. The van der Waals surface area contributed by atoms with Gasteiger partial charge < -0.3 is 15.5 Å². The number of hydrogen-bond acceptors (Lipinski definition) is 5. The number of allylic oxidation sites excluding steroid dienone is 5. The summed E-state index contributed by atoms with van der Waals surface area (Å²) in [6.45, 7) is 17.8. The van der Waals surface area contributed by atoms with Crippen molar-refractivity contribution in [3.63, 3.8) is 0 Å². The molecule has 1 fully saturated rings. The summed E-state index contributed by atoms with van der Waals surface area (Å²) in [6.07, 6.45) is 21.7. The molecule has 1 unspecified atom stereocenters. The predicted octanol–water partition coefficient (Wildman–Crippen LogP) is 5.53. The number of thioether (sulfide) groups is 1. The summed E-state index contributed by atoms with van der Waals surface area (Å²) in [7, 11) is 0. The average molecular weight is 486 g/mol. The maximum absolute atomic E-state index is 4.76. The van der Waals surface area contributed by atoms with Crippen molar-refractivity contribution in [1.29, 1.82) is 0 Å². The molecule has 34 heavy (non-hydrogen) atoms. The van der Waals surface area contributed by atoms with Crippen molar-refractivity contribution < 1.29 is 0 Å². The maximum atomic E-state index is 4.76. The summed E-state index contributed by atoms with van der Waals surface area (Å²) in [5.41, 5.74) is 1.09. The number of hydrazone groups is 1. The molecule has 0 aromatic rings. The summed E-state index contributed by atoms with van der Waals surface area (Å²) < 4.78 is 0. The van der Waals surface area contributed by atoms with Crippen LogP contribution >= 0.6 is 11.8 Å². The Labute approximate surface area is 213 Å². The van der Waals surface area contributed by atoms with E-state index in [2.05, 4.69) is 79.0 Å². The van der Waals surface area contributed by atoms with Crippen LogP contribution in [0.3, 0.4) is 0 Å². The molecule has 0 spiro atoms. The van der Waals surface area contributed by atoms with Crippen LogP contribution in [-0.4, -0.2) is 66.0 Å². The molecule has 1 saturated heterocycles. The first kappa shape index (κ1) is 28.3. The van der Waals surface area contributed by atoms with E-state index in [-0.39, 0.29) is 0 Å². The van der Waals surface area contributed by atoms with E-state index in [4.69, 9.17) is 5.10 Å². The monoisotopic (exact) mass is 485 g/mol. The molecule has 5 nitrogen and oxygen atoms in total. The van der Waals surface area contributed by atoms with E-state index < -0.39 is 0 Å². The van der Waals surface area contributed by atoms with Crippen molar-refractivity contribution in [3.8, 4) is 0 Å². The summed E-state index contributed by atoms with van der Waals surface area (Å²) in [6, 6.07) is 0.530. The summed E-state index contributed by atoms with van der Waals surface area (Å²) in [4.78, 5) is 2.62. The Hall–Kier alpha value is -1.92. The molecule has 0 bridgehead atoms. The third-order valence-corrected chi connectivity index (χ3v) is 7.14. The van der Waals surface area contributed by atoms with Gasteiger partial charge in [0.2, 0.25) is 0 Å². The van der Waals surface area contributed by atoms with Gasteiger partial charge in [0.25, 0.3) is 0 Å². The quantitative estimate of drug-likeness (QED) is 0.130. The van der Waals surface area contributed by atoms with Crippen molar-refractivity contribution >= 4 is 17.6 Å². The Morgan fingerprint density at radius 2 is 2.09 bits per heavy atom. The number of nitrogens with one attached hydrogen (secondary N) is 2. The summed E-state index contributed by atoms with van der Waals surface area (Å²) in [5.74, 6) is 3.84. The molecular weight excluding hydrogens is 438 g/mol. The van der Waals surface area contributed by atoms with Gasteiger partial charge in [-0.2, -0.15) is 16.9 Å². The molecule has 0 radical (unpaired) electrons. The van der Waals surface area contributed by atoms with Crippen LogP contribution in [0, 0.1) is 5.92 Å². The number of nitrogens with zero attached hydrogens (tertiary/aromatic N) is 3. The third-order valence-electron chi connectivity index (χ3n) is 6.24. The number of likely N-dealkylation sites (tertiary alicyclic amines) is 1. The fourth-order valence-corrected chi connectivity index (χ4v) is 4.71. The second-order valence-electron chi connectivity index (χ2n) is 8.98. The molecule has 190 valence electrons. The van der Waals surface area contributed by atoms with Gasteiger partial charge in [-0.3, -0.25) is 5.01 Å². The van der Waals surface area contributed by atoms with Crippen LogP contribution in [0.25, 0.3) is 0 Å². The highest BCUT2D eigenvalue weighted by Crippen LogP contribution is 2.18. The maximum Gasteiger partial charge on any atom is 0.146 e. The lowest BCUT2D eigenvalue weighted by molar-refractivity contribution is 0.193. The highest BCUT2D eigenvalue weighted by molar-refractivity contribution is 7.99. The molecule has 1 heterocycles. The lowest BCUT2D eigenvalue weighted by Gasteiger charge is -2.34. The van der Waals surface area contributed by atoms with Crippen LogP contribution in [0.5, 0.6) is 0 Å². The molecule has 2 aliphatic rings. The largest absolute Gasteiger partial charge is 0.386 e. The molecule has 2 N–H and O–H groups in total. The number of amidine groups is 1. The second kappa shape index (κ2) is 17.5. The van der Waals surface area contributed by atoms with Crippen molar-refractivity contribution in [3.05, 3.63) is 61.5 Å². The van der Waals surface area contributed by atoms with Gasteiger partial charge >= 0.3 is 0 Å². The van der Waals surface area contributed by atoms with Gasteiger partial charge in [0.15, 0.2) is 0 Å². The van der Waals surface area contributed by atoms with Crippen molar-refractivity contribution in [2.45, 2.75) is 58.4 Å². The molecule has 1 aliphatic carbocycles. The number of hydrogen-bond donors (Lipinski definition) is 2. The van der Waals surface area contributed by atoms with Gasteiger partial charge in [0.05, 0.1) is 0 Å². The zero-order valence-electron chi connectivity index (χ0n) is 21.6. The SMILES string of the molecule is C=CN(CCC(=C)NC1CCN(CCC2C=CC=CC2)CC1)/N=C(\C=C/CC)NCCSCC. The molecule has 0 saturated carbocycles. The predicted molar refractivity (Wildman–Crippen MR) is 152 cm³/mol. The Bertz CT molecular complexity index is 704. The molecule has 0 amide bonds. The average Bonchev–Trinajstić information content (AvgIpc) is 2.87. The molecule has 2 rings (SSSR count). The van der Waals surface area contributed by atoms with Crippen molar-refractivity contribution in [2.75, 3.05) is 44.2 Å². The zero-order chi connectivity index (χ0) is 24.4. The summed E-state index contributed by atoms with van der Waals surface area (Å²) >= 11 is 1.93. The van der Waals surface area contributed by atoms with Crippen molar-refractivity contribution in [2.24, 2.45) is 11.0 Å². The van der Waals surface area contributed by atoms with Crippen LogP contribution < -0.4 is 10.6 Å². The Morgan fingerprint density at radius 1 is 1.26 bits per heavy atom. The first-order valence-corrected chi connectivity index (χ1v) is 14.3. The van der Waals surface area contributed by atoms with E-state index >= 15 is 0 Å². The van der Waals surface area contributed by atoms with E-state index in [1.165, 1.54) is 45.3 Å². The minimum absolute atomic E-state index is 0.530. The lowest BCUT2D eigenvalue weighted by atomic mass is 9.96. The van der Waals surface area contributed by atoms with E-state index in [0.29, 0.717) is 6.04 Å². The van der Waals surface area contributed by atoms with Crippen LogP contribution in [0.1, 0.15) is 52.4 Å². The molecule has 0 aromatic carbocycles. The zero-order valence-corrected chi connectivity index (χ0v) is 22.4. The number of rotatable bonds is 16. The van der Waals surface area contributed by atoms with E-state index in [0.717, 1.165) is 54.9 Å². The van der Waals surface area contributed by atoms with E-state index in [1.54, 1.807) is 6.20 Å². The number of piperidine rings is 1. The van der Waals surface area contributed by atoms with E-state index in [1.807, 2.05) is 16.8 Å². The molecule has 1 aliphatic heterocycles. The Balaban J connectivity index is 1.69. The van der Waals surface area contributed by atoms with Crippen LogP contribution in [-0.2, 0) is 0 Å². The van der Waals surface area contributed by atoms with Crippen molar-refractivity contribution in [1.82, 2.24) is 20.5 Å². The molecule has 0 aromatic heterocycles. The molecular formula is C28H47N5S. The minimum atomic E-state index is 0.530. The van der Waals surface area contributed by atoms with E-state index in [9.17, 15) is 0 Å². The normalized spacial score (nSPS) is 19.5. The van der Waals surface area contributed by atoms with Crippen LogP contribution in [0.15, 0.2) is 66.6 Å². The fourth-order valence-electron chi connectivity index (χ4n) is 4.18. The van der Waals surface area contributed by atoms with Gasteiger partial charge in [-0.1, -0.05) is 57.4 Å². The Kier molecular flexibility index (Phi) is 14.6. The van der Waals surface area contributed by atoms with Gasteiger partial charge in [0.1, 0.15) is 5.84 Å². The lowest BCUT2D eigenvalue weighted by Crippen LogP contribution is -2.42. The third kappa shape index (κ3) is 12.0. The first-order chi connectivity index (χ1) is 16.6. The Morgan fingerprint density at radius 3 is 2.76 bits per heavy atom. The topological polar surface area (TPSA) is 42.9 Å². The van der Waals surface area contributed by atoms with Gasteiger partial charge in [-0.15, -0.1) is 0 Å². The highest BCUT2D eigenvalue weighted by atomic mass is 32.2. The van der Waals surface area contributed by atoms with Gasteiger partial charge in [-0.05, 0) is 56.4 Å². The first-order valence-electron chi connectivity index (χ1n) is 13.1. The van der Waals surface area contributed by atoms with Gasteiger partial charge in [0, 0.05) is 56.3 Å². The molecule has 6 heteroatoms. The van der Waals surface area contributed by atoms with Crippen LogP contribution in [0.2, 0.25) is 0 Å². The highest BCUT2D eigenvalue weighted by Gasteiger charge is 2.20. The standard InChI is InChI=1S/C28H47N5S/c1-5-8-14-28(29-19-24-34-7-3)31-33(6-2)23-15-25(4)30-27-17-21-32(22-18-27)20-16-26-12-10-9-11-13-26/h6,8-12,14,26-27,30H,2,4-5,7,13,15-24H2,1,3H3,(H,29,31)/b14-8-. The summed E-state index contributed by atoms with van der Waals surface area (Å²) in [5, 5.41) is 13.8. The van der Waals surface area contributed by atoms with Crippen LogP contribution in [0.4, 0.5) is 0 Å². The fraction of sp³-hybridized carbons (Fsp3) is 0.607. The van der Waals surface area contributed by atoms with Gasteiger partial charge in [-0.25, -0.2) is 0 Å².